The first-order valence-electron chi connectivity index (χ1n) is 5.20. The average Bonchev–Trinajstić information content (AvgIpc) is 2.30. The van der Waals surface area contributed by atoms with Crippen molar-refractivity contribution >= 4 is 31.6 Å². The van der Waals surface area contributed by atoms with Gasteiger partial charge in [-0.2, -0.15) is 0 Å². The Morgan fingerprint density at radius 1 is 1.56 bits per heavy atom. The Labute approximate surface area is 113 Å². The zero-order valence-electron chi connectivity index (χ0n) is 9.65. The number of anilines is 1. The van der Waals surface area contributed by atoms with Crippen LogP contribution in [-0.4, -0.2) is 26.2 Å². The number of nitrogens with one attached hydrogen (secondary N) is 1. The van der Waals surface area contributed by atoms with E-state index in [0.717, 1.165) is 12.1 Å². The number of hydrogen-bond donors (Lipinski definition) is 3. The molecule has 1 rings (SSSR count). The van der Waals surface area contributed by atoms with Gasteiger partial charge in [-0.1, -0.05) is 6.92 Å². The van der Waals surface area contributed by atoms with Crippen LogP contribution >= 0.6 is 15.9 Å². The minimum Gasteiger partial charge on any atom is -0.396 e. The van der Waals surface area contributed by atoms with Crippen molar-refractivity contribution in [3.63, 3.8) is 0 Å². The zero-order valence-corrected chi connectivity index (χ0v) is 12.1. The van der Waals surface area contributed by atoms with Gasteiger partial charge in [-0.05, 0) is 34.5 Å². The summed E-state index contributed by atoms with van der Waals surface area (Å²) < 4.78 is 39.2. The molecule has 0 fully saturated rings. The fourth-order valence-electron chi connectivity index (χ4n) is 1.18. The van der Waals surface area contributed by atoms with Crippen LogP contribution in [0.5, 0.6) is 0 Å². The second kappa shape index (κ2) is 5.96. The van der Waals surface area contributed by atoms with Gasteiger partial charge in [0.15, 0.2) is 0 Å². The molecule has 0 aromatic heterocycles. The monoisotopic (exact) mass is 340 g/mol. The highest BCUT2D eigenvalue weighted by molar-refractivity contribution is 9.10. The lowest BCUT2D eigenvalue weighted by Gasteiger charge is -2.12. The first-order valence-corrected chi connectivity index (χ1v) is 7.47. The number of halogens is 2. The highest BCUT2D eigenvalue weighted by Gasteiger charge is 2.20. The quantitative estimate of drug-likeness (QED) is 0.702. The number of sulfonamides is 1. The van der Waals surface area contributed by atoms with Crippen molar-refractivity contribution < 1.29 is 17.9 Å². The third-order valence-corrected chi connectivity index (χ3v) is 4.70. The van der Waals surface area contributed by atoms with Crippen molar-refractivity contribution in [3.05, 3.63) is 22.4 Å². The van der Waals surface area contributed by atoms with Crippen LogP contribution in [0.2, 0.25) is 0 Å². The van der Waals surface area contributed by atoms with Crippen molar-refractivity contribution in [1.29, 1.82) is 0 Å². The van der Waals surface area contributed by atoms with Crippen molar-refractivity contribution in [2.24, 2.45) is 0 Å². The summed E-state index contributed by atoms with van der Waals surface area (Å²) in [5, 5.41) is 9.31. The molecule has 0 heterocycles. The Morgan fingerprint density at radius 2 is 2.17 bits per heavy atom. The highest BCUT2D eigenvalue weighted by atomic mass is 79.9. The molecule has 1 aromatic carbocycles. The molecule has 1 unspecified atom stereocenters. The molecule has 0 spiro atoms. The molecule has 0 saturated carbocycles. The van der Waals surface area contributed by atoms with E-state index in [-0.39, 0.29) is 21.6 Å². The Balaban J connectivity index is 3.02. The maximum atomic E-state index is 13.1. The summed E-state index contributed by atoms with van der Waals surface area (Å²) >= 11 is 2.96. The molecule has 0 aliphatic carbocycles. The fourth-order valence-corrected chi connectivity index (χ4v) is 3.30. The Hall–Kier alpha value is -0.700. The number of nitrogens with two attached hydrogens (primary N) is 1. The molecule has 0 bridgehead atoms. The number of rotatable bonds is 5. The van der Waals surface area contributed by atoms with Crippen LogP contribution in [0.1, 0.15) is 13.3 Å². The van der Waals surface area contributed by atoms with E-state index in [1.54, 1.807) is 6.92 Å². The molecule has 5 nitrogen and oxygen atoms in total. The summed E-state index contributed by atoms with van der Waals surface area (Å²) in [6.45, 7) is 1.62. The SMILES string of the molecule is CCC(O)CNS(=O)(=O)c1cc(N)c(F)cc1Br. The maximum absolute atomic E-state index is 13.1. The van der Waals surface area contributed by atoms with Gasteiger partial charge in [0.2, 0.25) is 10.0 Å². The summed E-state index contributed by atoms with van der Waals surface area (Å²) in [7, 11) is -3.84. The number of aliphatic hydroxyl groups is 1. The minimum atomic E-state index is -3.84. The van der Waals surface area contributed by atoms with Gasteiger partial charge in [0.05, 0.1) is 16.7 Å². The molecule has 1 aromatic rings. The van der Waals surface area contributed by atoms with Gasteiger partial charge in [-0.3, -0.25) is 0 Å². The topological polar surface area (TPSA) is 92.4 Å². The van der Waals surface area contributed by atoms with Crippen LogP contribution < -0.4 is 10.5 Å². The van der Waals surface area contributed by atoms with Gasteiger partial charge in [-0.15, -0.1) is 0 Å². The average molecular weight is 341 g/mol. The fraction of sp³-hybridized carbons (Fsp3) is 0.400. The standard InChI is InChI=1S/C10H14BrFN2O3S/c1-2-6(15)5-14-18(16,17)10-4-9(13)8(12)3-7(10)11/h3-4,6,14-15H,2,5,13H2,1H3. The molecule has 8 heteroatoms. The maximum Gasteiger partial charge on any atom is 0.241 e. The van der Waals surface area contributed by atoms with Crippen LogP contribution in [0.4, 0.5) is 10.1 Å². The van der Waals surface area contributed by atoms with E-state index in [9.17, 15) is 17.9 Å². The summed E-state index contributed by atoms with van der Waals surface area (Å²) in [5.41, 5.74) is 5.08. The Bertz CT molecular complexity index is 536. The molecule has 0 radical (unpaired) electrons. The van der Waals surface area contributed by atoms with E-state index in [1.165, 1.54) is 0 Å². The number of hydrogen-bond acceptors (Lipinski definition) is 4. The molecule has 1 atom stereocenters. The number of nitrogen functional groups attached to an aromatic ring is 1. The van der Waals surface area contributed by atoms with Crippen molar-refractivity contribution in [3.8, 4) is 0 Å². The molecule has 0 saturated heterocycles. The first kappa shape index (κ1) is 15.4. The minimum absolute atomic E-state index is 0.0766. The molecule has 102 valence electrons. The van der Waals surface area contributed by atoms with E-state index in [2.05, 4.69) is 20.7 Å². The van der Waals surface area contributed by atoms with E-state index < -0.39 is 21.9 Å². The normalized spacial score (nSPS) is 13.6. The van der Waals surface area contributed by atoms with E-state index >= 15 is 0 Å². The van der Waals surface area contributed by atoms with Gasteiger partial charge in [0, 0.05) is 11.0 Å². The van der Waals surface area contributed by atoms with Gasteiger partial charge < -0.3 is 10.8 Å². The third-order valence-electron chi connectivity index (χ3n) is 2.32. The van der Waals surface area contributed by atoms with Crippen LogP contribution in [0, 0.1) is 5.82 Å². The largest absolute Gasteiger partial charge is 0.396 e. The molecule has 0 aliphatic rings. The van der Waals surface area contributed by atoms with Crippen LogP contribution in [-0.2, 0) is 10.0 Å². The summed E-state index contributed by atoms with van der Waals surface area (Å²) in [6, 6.07) is 2.01. The summed E-state index contributed by atoms with van der Waals surface area (Å²) in [5.74, 6) is -0.700. The van der Waals surface area contributed by atoms with E-state index in [4.69, 9.17) is 5.73 Å². The molecule has 0 aliphatic heterocycles. The van der Waals surface area contributed by atoms with Crippen LogP contribution in [0.25, 0.3) is 0 Å². The summed E-state index contributed by atoms with van der Waals surface area (Å²) in [6.07, 6.45) is -0.341. The predicted octanol–water partition coefficient (Wildman–Crippen LogP) is 1.22. The smallest absolute Gasteiger partial charge is 0.241 e. The zero-order chi connectivity index (χ0) is 13.9. The second-order valence-corrected chi connectivity index (χ2v) is 6.31. The lowest BCUT2D eigenvalue weighted by atomic mass is 10.3. The first-order chi connectivity index (χ1) is 8.27. The van der Waals surface area contributed by atoms with Gasteiger partial charge in [0.25, 0.3) is 0 Å². The van der Waals surface area contributed by atoms with Gasteiger partial charge in [-0.25, -0.2) is 17.5 Å². The van der Waals surface area contributed by atoms with Crippen molar-refractivity contribution in [2.75, 3.05) is 12.3 Å². The second-order valence-electron chi connectivity index (χ2n) is 3.72. The van der Waals surface area contributed by atoms with Crippen molar-refractivity contribution in [2.45, 2.75) is 24.3 Å². The highest BCUT2D eigenvalue weighted by Crippen LogP contribution is 2.26. The van der Waals surface area contributed by atoms with Crippen LogP contribution in [0.3, 0.4) is 0 Å². The lowest BCUT2D eigenvalue weighted by molar-refractivity contribution is 0.174. The van der Waals surface area contributed by atoms with Gasteiger partial charge >= 0.3 is 0 Å². The Morgan fingerprint density at radius 3 is 2.72 bits per heavy atom. The van der Waals surface area contributed by atoms with Gasteiger partial charge in [0.1, 0.15) is 5.82 Å². The summed E-state index contributed by atoms with van der Waals surface area (Å²) in [4.78, 5) is -0.162. The lowest BCUT2D eigenvalue weighted by Crippen LogP contribution is -2.32. The van der Waals surface area contributed by atoms with E-state index in [0.29, 0.717) is 6.42 Å². The molecular weight excluding hydrogens is 327 g/mol. The number of aliphatic hydroxyl groups excluding tert-OH is 1. The number of benzene rings is 1. The van der Waals surface area contributed by atoms with E-state index in [1.807, 2.05) is 0 Å². The molecule has 4 N–H and O–H groups in total. The predicted molar refractivity (Wildman–Crippen MR) is 70.0 cm³/mol. The Kier molecular flexibility index (Phi) is 5.09. The van der Waals surface area contributed by atoms with Crippen molar-refractivity contribution in [1.82, 2.24) is 4.72 Å². The van der Waals surface area contributed by atoms with Crippen LogP contribution in [0.15, 0.2) is 21.5 Å². The third kappa shape index (κ3) is 3.64. The molecule has 0 amide bonds. The molecular formula is C10H14BrFN2O3S. The molecule has 18 heavy (non-hydrogen) atoms.